The highest BCUT2D eigenvalue weighted by Crippen LogP contribution is 2.25. The van der Waals surface area contributed by atoms with E-state index in [0.29, 0.717) is 24.5 Å². The van der Waals surface area contributed by atoms with Crippen LogP contribution in [0.25, 0.3) is 0 Å². The standard InChI is InChI=1S/C17H24O3/c1-2-3-4-5-6-9-12-19-16-13-20-15-11-8-7-10-14(15)17(16)18/h7-8,10-11,16H,2-6,9,12-13H2,1H3. The second-order valence-electron chi connectivity index (χ2n) is 5.30. The van der Waals surface area contributed by atoms with Crippen molar-refractivity contribution in [3.63, 3.8) is 0 Å². The molecular formula is C17H24O3. The van der Waals surface area contributed by atoms with Crippen molar-refractivity contribution in [2.75, 3.05) is 13.2 Å². The summed E-state index contributed by atoms with van der Waals surface area (Å²) in [5, 5.41) is 0. The topological polar surface area (TPSA) is 35.5 Å². The molecule has 1 aliphatic heterocycles. The number of benzene rings is 1. The first kappa shape index (κ1) is 15.0. The van der Waals surface area contributed by atoms with Gasteiger partial charge in [0.2, 0.25) is 0 Å². The van der Waals surface area contributed by atoms with Gasteiger partial charge in [-0.05, 0) is 18.6 Å². The van der Waals surface area contributed by atoms with Crippen LogP contribution < -0.4 is 4.74 Å². The Labute approximate surface area is 121 Å². The number of rotatable bonds is 8. The van der Waals surface area contributed by atoms with Gasteiger partial charge in [-0.3, -0.25) is 4.79 Å². The lowest BCUT2D eigenvalue weighted by Crippen LogP contribution is -2.35. The molecule has 0 radical (unpaired) electrons. The van der Waals surface area contributed by atoms with E-state index in [2.05, 4.69) is 6.92 Å². The Morgan fingerprint density at radius 2 is 1.90 bits per heavy atom. The van der Waals surface area contributed by atoms with Gasteiger partial charge in [-0.2, -0.15) is 0 Å². The zero-order valence-corrected chi connectivity index (χ0v) is 12.3. The molecule has 20 heavy (non-hydrogen) atoms. The van der Waals surface area contributed by atoms with Gasteiger partial charge in [-0.25, -0.2) is 0 Å². The number of unbranched alkanes of at least 4 members (excludes halogenated alkanes) is 5. The number of fused-ring (bicyclic) bond motifs is 1. The van der Waals surface area contributed by atoms with E-state index in [4.69, 9.17) is 9.47 Å². The monoisotopic (exact) mass is 276 g/mol. The van der Waals surface area contributed by atoms with Crippen LogP contribution in [0.5, 0.6) is 5.75 Å². The average molecular weight is 276 g/mol. The van der Waals surface area contributed by atoms with Crippen LogP contribution in [0.2, 0.25) is 0 Å². The smallest absolute Gasteiger partial charge is 0.198 e. The van der Waals surface area contributed by atoms with Crippen molar-refractivity contribution in [1.82, 2.24) is 0 Å². The Balaban J connectivity index is 1.69. The minimum absolute atomic E-state index is 0.0535. The van der Waals surface area contributed by atoms with Crippen LogP contribution in [0.15, 0.2) is 24.3 Å². The second kappa shape index (κ2) is 8.05. The number of ketones is 1. The van der Waals surface area contributed by atoms with Crippen molar-refractivity contribution < 1.29 is 14.3 Å². The summed E-state index contributed by atoms with van der Waals surface area (Å²) in [5.41, 5.74) is 0.645. The van der Waals surface area contributed by atoms with Gasteiger partial charge in [0, 0.05) is 6.61 Å². The Bertz CT molecular complexity index is 428. The van der Waals surface area contributed by atoms with Gasteiger partial charge >= 0.3 is 0 Å². The largest absolute Gasteiger partial charge is 0.490 e. The molecule has 0 saturated carbocycles. The number of para-hydroxylation sites is 1. The van der Waals surface area contributed by atoms with Crippen LogP contribution >= 0.6 is 0 Å². The van der Waals surface area contributed by atoms with Gasteiger partial charge in [-0.15, -0.1) is 0 Å². The van der Waals surface area contributed by atoms with E-state index in [0.717, 1.165) is 6.42 Å². The minimum atomic E-state index is -0.430. The molecule has 0 spiro atoms. The first-order valence-electron chi connectivity index (χ1n) is 7.70. The molecule has 1 heterocycles. The van der Waals surface area contributed by atoms with E-state index in [9.17, 15) is 4.79 Å². The number of carbonyl (C=O) groups excluding carboxylic acids is 1. The molecule has 3 nitrogen and oxygen atoms in total. The van der Waals surface area contributed by atoms with Crippen LogP contribution in [-0.4, -0.2) is 25.1 Å². The second-order valence-corrected chi connectivity index (χ2v) is 5.30. The quantitative estimate of drug-likeness (QED) is 0.673. The van der Waals surface area contributed by atoms with E-state index in [1.54, 1.807) is 6.07 Å². The van der Waals surface area contributed by atoms with Crippen molar-refractivity contribution in [3.8, 4) is 5.75 Å². The van der Waals surface area contributed by atoms with E-state index in [1.165, 1.54) is 32.1 Å². The van der Waals surface area contributed by atoms with Gasteiger partial charge in [0.25, 0.3) is 0 Å². The predicted molar refractivity (Wildman–Crippen MR) is 79.4 cm³/mol. The summed E-state index contributed by atoms with van der Waals surface area (Å²) < 4.78 is 11.3. The summed E-state index contributed by atoms with van der Waals surface area (Å²) in [6, 6.07) is 7.37. The highest BCUT2D eigenvalue weighted by Gasteiger charge is 2.28. The highest BCUT2D eigenvalue weighted by molar-refractivity contribution is 6.02. The summed E-state index contributed by atoms with van der Waals surface area (Å²) in [6.07, 6.45) is 6.91. The van der Waals surface area contributed by atoms with E-state index >= 15 is 0 Å². The highest BCUT2D eigenvalue weighted by atomic mass is 16.5. The molecular weight excluding hydrogens is 252 g/mol. The van der Waals surface area contributed by atoms with Gasteiger partial charge in [0.1, 0.15) is 12.4 Å². The van der Waals surface area contributed by atoms with Gasteiger partial charge < -0.3 is 9.47 Å². The first-order valence-corrected chi connectivity index (χ1v) is 7.70. The lowest BCUT2D eigenvalue weighted by Gasteiger charge is -2.24. The first-order chi connectivity index (χ1) is 9.83. The summed E-state index contributed by atoms with van der Waals surface area (Å²) in [6.45, 7) is 3.20. The predicted octanol–water partition coefficient (Wildman–Crippen LogP) is 4.01. The molecule has 0 bridgehead atoms. The fourth-order valence-electron chi connectivity index (χ4n) is 2.44. The molecule has 1 atom stereocenters. The zero-order valence-electron chi connectivity index (χ0n) is 12.3. The number of hydrogen-bond acceptors (Lipinski definition) is 3. The van der Waals surface area contributed by atoms with Gasteiger partial charge in [0.05, 0.1) is 5.56 Å². The molecule has 1 aliphatic rings. The molecule has 0 aliphatic carbocycles. The third-order valence-electron chi connectivity index (χ3n) is 3.65. The molecule has 1 aromatic rings. The van der Waals surface area contributed by atoms with Crippen LogP contribution in [0.1, 0.15) is 55.8 Å². The molecule has 0 aromatic heterocycles. The fraction of sp³-hybridized carbons (Fsp3) is 0.588. The maximum Gasteiger partial charge on any atom is 0.198 e. The maximum atomic E-state index is 12.2. The van der Waals surface area contributed by atoms with Crippen molar-refractivity contribution in [1.29, 1.82) is 0 Å². The van der Waals surface area contributed by atoms with Crippen LogP contribution in [0, 0.1) is 0 Å². The van der Waals surface area contributed by atoms with Crippen LogP contribution in [-0.2, 0) is 4.74 Å². The van der Waals surface area contributed by atoms with Gasteiger partial charge in [0.15, 0.2) is 11.9 Å². The third-order valence-corrected chi connectivity index (χ3v) is 3.65. The molecule has 1 unspecified atom stereocenters. The van der Waals surface area contributed by atoms with E-state index in [-0.39, 0.29) is 5.78 Å². The number of carbonyl (C=O) groups is 1. The fourth-order valence-corrected chi connectivity index (χ4v) is 2.44. The molecule has 0 amide bonds. The molecule has 0 saturated heterocycles. The summed E-state index contributed by atoms with van der Waals surface area (Å²) >= 11 is 0. The van der Waals surface area contributed by atoms with Crippen LogP contribution in [0.3, 0.4) is 0 Å². The van der Waals surface area contributed by atoms with E-state index in [1.807, 2.05) is 18.2 Å². The normalized spacial score (nSPS) is 17.6. The number of Topliss-reactive ketones (excluding diaryl/α,β-unsaturated/α-hetero) is 1. The lowest BCUT2D eigenvalue weighted by molar-refractivity contribution is 0.0140. The minimum Gasteiger partial charge on any atom is -0.490 e. The lowest BCUT2D eigenvalue weighted by atomic mass is 10.0. The number of ether oxygens (including phenoxy) is 2. The number of hydrogen-bond donors (Lipinski definition) is 0. The molecule has 1 aromatic carbocycles. The van der Waals surface area contributed by atoms with Crippen molar-refractivity contribution in [2.24, 2.45) is 0 Å². The van der Waals surface area contributed by atoms with Crippen LogP contribution in [0.4, 0.5) is 0 Å². The Morgan fingerprint density at radius 1 is 1.15 bits per heavy atom. The SMILES string of the molecule is CCCCCCCCOC1COc2ccccc2C1=O. The third kappa shape index (κ3) is 4.07. The van der Waals surface area contributed by atoms with Crippen molar-refractivity contribution >= 4 is 5.78 Å². The Hall–Kier alpha value is -1.35. The summed E-state index contributed by atoms with van der Waals surface area (Å²) in [7, 11) is 0. The molecule has 0 N–H and O–H groups in total. The molecule has 2 rings (SSSR count). The summed E-state index contributed by atoms with van der Waals surface area (Å²) in [5.74, 6) is 0.731. The van der Waals surface area contributed by atoms with Crippen molar-refractivity contribution in [2.45, 2.75) is 51.6 Å². The molecule has 3 heteroatoms. The maximum absolute atomic E-state index is 12.2. The Morgan fingerprint density at radius 3 is 2.75 bits per heavy atom. The Kier molecular flexibility index (Phi) is 6.06. The molecule has 110 valence electrons. The van der Waals surface area contributed by atoms with Crippen molar-refractivity contribution in [3.05, 3.63) is 29.8 Å². The van der Waals surface area contributed by atoms with E-state index < -0.39 is 6.10 Å². The zero-order chi connectivity index (χ0) is 14.2. The average Bonchev–Trinajstić information content (AvgIpc) is 2.49. The van der Waals surface area contributed by atoms with Gasteiger partial charge in [-0.1, -0.05) is 51.2 Å². The summed E-state index contributed by atoms with van der Waals surface area (Å²) in [4.78, 5) is 12.2. The molecule has 0 fully saturated rings.